The molecule has 132 valence electrons. The summed E-state index contributed by atoms with van der Waals surface area (Å²) < 4.78 is 18.3. The molecule has 2 aromatic rings. The van der Waals surface area contributed by atoms with Crippen LogP contribution in [0.1, 0.15) is 18.1 Å². The number of benzene rings is 2. The van der Waals surface area contributed by atoms with E-state index in [-0.39, 0.29) is 12.2 Å². The van der Waals surface area contributed by atoms with E-state index in [2.05, 4.69) is 5.32 Å². The van der Waals surface area contributed by atoms with Crippen molar-refractivity contribution in [2.75, 3.05) is 13.2 Å². The molecule has 5 nitrogen and oxygen atoms in total. The van der Waals surface area contributed by atoms with Gasteiger partial charge in [0.05, 0.1) is 6.61 Å². The number of halogens is 1. The van der Waals surface area contributed by atoms with E-state index in [1.807, 2.05) is 30.3 Å². The molecule has 1 amide bonds. The lowest BCUT2D eigenvalue weighted by atomic mass is 9.92. The van der Waals surface area contributed by atoms with Crippen LogP contribution >= 0.6 is 0 Å². The Kier molecular flexibility index (Phi) is 6.25. The minimum absolute atomic E-state index is 0.253. The van der Waals surface area contributed by atoms with Crippen LogP contribution in [0.25, 0.3) is 0 Å². The number of aliphatic carboxylic acids is 1. The van der Waals surface area contributed by atoms with Crippen LogP contribution in [0.15, 0.2) is 54.6 Å². The summed E-state index contributed by atoms with van der Waals surface area (Å²) in [6.07, 6.45) is 0.655. The summed E-state index contributed by atoms with van der Waals surface area (Å²) in [5.41, 5.74) is -0.295. The molecule has 1 atom stereocenters. The Morgan fingerprint density at radius 3 is 2.36 bits per heavy atom. The highest BCUT2D eigenvalue weighted by molar-refractivity contribution is 5.88. The molecule has 0 spiro atoms. The number of carboxylic acid groups (broad SMARTS) is 1. The molecule has 0 aromatic heterocycles. The van der Waals surface area contributed by atoms with Crippen molar-refractivity contribution in [3.63, 3.8) is 0 Å². The Hall–Kier alpha value is -2.73. The van der Waals surface area contributed by atoms with Gasteiger partial charge in [0.15, 0.2) is 5.54 Å². The maximum absolute atomic E-state index is 13.0. The lowest BCUT2D eigenvalue weighted by Gasteiger charge is -2.26. The molecule has 1 unspecified atom stereocenters. The smallest absolute Gasteiger partial charge is 0.333 e. The van der Waals surface area contributed by atoms with E-state index >= 15 is 0 Å². The summed E-state index contributed by atoms with van der Waals surface area (Å²) >= 11 is 0. The fraction of sp³-hybridized carbons (Fsp3) is 0.263. The van der Waals surface area contributed by atoms with E-state index < -0.39 is 23.2 Å². The number of hydrogen-bond donors (Lipinski definition) is 2. The second kappa shape index (κ2) is 8.39. The highest BCUT2D eigenvalue weighted by Crippen LogP contribution is 2.21. The van der Waals surface area contributed by atoms with Crippen LogP contribution in [-0.4, -0.2) is 30.2 Å². The molecule has 2 rings (SSSR count). The molecule has 0 bridgehead atoms. The maximum atomic E-state index is 13.0. The Morgan fingerprint density at radius 2 is 1.76 bits per heavy atom. The standard InChI is InChI=1S/C19H20FNO4/c1-19(18(23)24,15-7-9-16(20)10-8-15)21-17(22)13-25-12-11-14-5-3-2-4-6-14/h2-10H,11-13H2,1H3,(H,21,22)(H,23,24). The molecule has 2 N–H and O–H groups in total. The monoisotopic (exact) mass is 345 g/mol. The van der Waals surface area contributed by atoms with Gasteiger partial charge in [0.2, 0.25) is 5.91 Å². The van der Waals surface area contributed by atoms with Gasteiger partial charge >= 0.3 is 5.97 Å². The van der Waals surface area contributed by atoms with E-state index in [1.165, 1.54) is 19.1 Å². The van der Waals surface area contributed by atoms with Crippen molar-refractivity contribution in [2.45, 2.75) is 18.9 Å². The zero-order valence-electron chi connectivity index (χ0n) is 13.9. The summed E-state index contributed by atoms with van der Waals surface area (Å²) in [5, 5.41) is 11.9. The molecule has 0 fully saturated rings. The lowest BCUT2D eigenvalue weighted by molar-refractivity contribution is -0.148. The highest BCUT2D eigenvalue weighted by atomic mass is 19.1. The van der Waals surface area contributed by atoms with Crippen molar-refractivity contribution in [1.29, 1.82) is 0 Å². The fourth-order valence-corrected chi connectivity index (χ4v) is 2.35. The number of carbonyl (C=O) groups excluding carboxylic acids is 1. The second-order valence-corrected chi connectivity index (χ2v) is 5.77. The van der Waals surface area contributed by atoms with Gasteiger partial charge in [-0.05, 0) is 36.6 Å². The van der Waals surface area contributed by atoms with E-state index in [1.54, 1.807) is 0 Å². The van der Waals surface area contributed by atoms with E-state index in [0.29, 0.717) is 13.0 Å². The molecule has 0 radical (unpaired) electrons. The lowest BCUT2D eigenvalue weighted by Crippen LogP contribution is -2.50. The zero-order chi connectivity index (χ0) is 18.3. The number of ether oxygens (including phenoxy) is 1. The van der Waals surface area contributed by atoms with Gasteiger partial charge in [-0.1, -0.05) is 42.5 Å². The molecule has 6 heteroatoms. The van der Waals surface area contributed by atoms with Gasteiger partial charge in [-0.25, -0.2) is 9.18 Å². The second-order valence-electron chi connectivity index (χ2n) is 5.77. The van der Waals surface area contributed by atoms with Crippen LogP contribution in [0.4, 0.5) is 4.39 Å². The predicted octanol–water partition coefficient (Wildman–Crippen LogP) is 2.50. The normalized spacial score (nSPS) is 13.0. The van der Waals surface area contributed by atoms with Crippen molar-refractivity contribution >= 4 is 11.9 Å². The van der Waals surface area contributed by atoms with E-state index in [0.717, 1.165) is 17.7 Å². The molecule has 0 aliphatic heterocycles. The van der Waals surface area contributed by atoms with Crippen molar-refractivity contribution in [3.8, 4) is 0 Å². The quantitative estimate of drug-likeness (QED) is 0.721. The largest absolute Gasteiger partial charge is 0.479 e. The molecule has 0 aliphatic carbocycles. The summed E-state index contributed by atoms with van der Waals surface area (Å²) in [6.45, 7) is 1.44. The van der Waals surface area contributed by atoms with Crippen LogP contribution in [0.5, 0.6) is 0 Å². The van der Waals surface area contributed by atoms with Gasteiger partial charge in [-0.2, -0.15) is 0 Å². The number of rotatable bonds is 8. The van der Waals surface area contributed by atoms with Crippen molar-refractivity contribution in [1.82, 2.24) is 5.32 Å². The van der Waals surface area contributed by atoms with Crippen LogP contribution < -0.4 is 5.32 Å². The van der Waals surface area contributed by atoms with Crippen LogP contribution in [0, 0.1) is 5.82 Å². The van der Waals surface area contributed by atoms with Gasteiger partial charge in [0.25, 0.3) is 0 Å². The Bertz CT molecular complexity index is 718. The number of carbonyl (C=O) groups is 2. The first-order chi connectivity index (χ1) is 11.9. The van der Waals surface area contributed by atoms with Gasteiger partial charge < -0.3 is 15.2 Å². The number of nitrogens with one attached hydrogen (secondary N) is 1. The third kappa shape index (κ3) is 5.12. The number of carboxylic acids is 1. The molecular weight excluding hydrogens is 325 g/mol. The topological polar surface area (TPSA) is 75.6 Å². The summed E-state index contributed by atoms with van der Waals surface area (Å²) in [4.78, 5) is 23.6. The minimum atomic E-state index is -1.66. The molecule has 25 heavy (non-hydrogen) atoms. The molecular formula is C19H20FNO4. The average molecular weight is 345 g/mol. The zero-order valence-corrected chi connectivity index (χ0v) is 13.9. The molecule has 2 aromatic carbocycles. The summed E-state index contributed by atoms with van der Waals surface area (Å²) in [5.74, 6) is -2.27. The third-order valence-electron chi connectivity index (χ3n) is 3.85. The molecule has 0 heterocycles. The molecule has 0 saturated heterocycles. The average Bonchev–Trinajstić information content (AvgIpc) is 2.60. The van der Waals surface area contributed by atoms with Crippen molar-refractivity contribution in [2.24, 2.45) is 0 Å². The fourth-order valence-electron chi connectivity index (χ4n) is 2.35. The van der Waals surface area contributed by atoms with Crippen molar-refractivity contribution in [3.05, 3.63) is 71.5 Å². The van der Waals surface area contributed by atoms with Crippen LogP contribution in [0.3, 0.4) is 0 Å². The number of amides is 1. The van der Waals surface area contributed by atoms with Gasteiger partial charge in [-0.3, -0.25) is 4.79 Å². The van der Waals surface area contributed by atoms with Gasteiger partial charge in [0, 0.05) is 0 Å². The van der Waals surface area contributed by atoms with Gasteiger partial charge in [-0.15, -0.1) is 0 Å². The maximum Gasteiger partial charge on any atom is 0.333 e. The minimum Gasteiger partial charge on any atom is -0.479 e. The Balaban J connectivity index is 1.89. The third-order valence-corrected chi connectivity index (χ3v) is 3.85. The molecule has 0 aliphatic rings. The van der Waals surface area contributed by atoms with Crippen molar-refractivity contribution < 1.29 is 23.8 Å². The van der Waals surface area contributed by atoms with Gasteiger partial charge in [0.1, 0.15) is 12.4 Å². The molecule has 0 saturated carbocycles. The van der Waals surface area contributed by atoms with E-state index in [9.17, 15) is 19.1 Å². The van der Waals surface area contributed by atoms with Crippen LogP contribution in [-0.2, 0) is 26.3 Å². The first kappa shape index (κ1) is 18.6. The highest BCUT2D eigenvalue weighted by Gasteiger charge is 2.36. The predicted molar refractivity (Wildman–Crippen MR) is 90.5 cm³/mol. The first-order valence-corrected chi connectivity index (χ1v) is 7.84. The Morgan fingerprint density at radius 1 is 1.12 bits per heavy atom. The summed E-state index contributed by atoms with van der Waals surface area (Å²) in [7, 11) is 0. The summed E-state index contributed by atoms with van der Waals surface area (Å²) in [6, 6.07) is 14.6. The van der Waals surface area contributed by atoms with E-state index in [4.69, 9.17) is 4.74 Å². The Labute approximate surface area is 145 Å². The first-order valence-electron chi connectivity index (χ1n) is 7.84. The van der Waals surface area contributed by atoms with Crippen LogP contribution in [0.2, 0.25) is 0 Å². The number of hydrogen-bond acceptors (Lipinski definition) is 3. The SMILES string of the molecule is CC(NC(=O)COCCc1ccccc1)(C(=O)O)c1ccc(F)cc1.